The van der Waals surface area contributed by atoms with Gasteiger partial charge in [0, 0.05) is 12.1 Å². The summed E-state index contributed by atoms with van der Waals surface area (Å²) in [4.78, 5) is 12.2. The summed E-state index contributed by atoms with van der Waals surface area (Å²) in [5.41, 5.74) is 1.07. The Kier molecular flexibility index (Phi) is 3.76. The quantitative estimate of drug-likeness (QED) is 0.862. The summed E-state index contributed by atoms with van der Waals surface area (Å²) in [7, 11) is 0. The first-order valence-corrected chi connectivity index (χ1v) is 6.57. The van der Waals surface area contributed by atoms with Crippen molar-refractivity contribution in [1.29, 1.82) is 0 Å². The first-order valence-electron chi connectivity index (χ1n) is 6.57. The molecule has 2 heterocycles. The molecule has 0 radical (unpaired) electrons. The van der Waals surface area contributed by atoms with E-state index in [0.717, 1.165) is 30.2 Å². The van der Waals surface area contributed by atoms with Crippen LogP contribution in [0.2, 0.25) is 0 Å². The molecule has 1 aliphatic heterocycles. The van der Waals surface area contributed by atoms with Gasteiger partial charge in [-0.05, 0) is 39.3 Å². The SMILES string of the molecule is Cc1cc(C(C)NC(=O)[C@@H]2CNC[C@H]2C)c(C)o1. The van der Waals surface area contributed by atoms with E-state index in [-0.39, 0.29) is 17.9 Å². The molecule has 0 aromatic carbocycles. The highest BCUT2D eigenvalue weighted by Gasteiger charge is 2.30. The molecule has 0 spiro atoms. The second-order valence-corrected chi connectivity index (χ2v) is 5.34. The van der Waals surface area contributed by atoms with Crippen LogP contribution in [-0.4, -0.2) is 19.0 Å². The molecule has 1 fully saturated rings. The predicted octanol–water partition coefficient (Wildman–Crippen LogP) is 1.93. The van der Waals surface area contributed by atoms with Crippen LogP contribution < -0.4 is 10.6 Å². The van der Waals surface area contributed by atoms with Gasteiger partial charge in [0.15, 0.2) is 0 Å². The van der Waals surface area contributed by atoms with Gasteiger partial charge in [-0.3, -0.25) is 4.79 Å². The van der Waals surface area contributed by atoms with Gasteiger partial charge in [0.1, 0.15) is 11.5 Å². The maximum absolute atomic E-state index is 12.2. The third-order valence-electron chi connectivity index (χ3n) is 3.76. The highest BCUT2D eigenvalue weighted by Crippen LogP contribution is 2.23. The van der Waals surface area contributed by atoms with Crippen LogP contribution in [0.15, 0.2) is 10.5 Å². The van der Waals surface area contributed by atoms with Crippen molar-refractivity contribution in [2.45, 2.75) is 33.7 Å². The molecular weight excluding hydrogens is 228 g/mol. The number of carbonyl (C=O) groups excluding carboxylic acids is 1. The van der Waals surface area contributed by atoms with Crippen LogP contribution in [0.5, 0.6) is 0 Å². The lowest BCUT2D eigenvalue weighted by atomic mass is 9.96. The van der Waals surface area contributed by atoms with Crippen molar-refractivity contribution in [2.24, 2.45) is 11.8 Å². The summed E-state index contributed by atoms with van der Waals surface area (Å²) in [6.45, 7) is 9.68. The summed E-state index contributed by atoms with van der Waals surface area (Å²) in [5, 5.41) is 6.34. The molecule has 2 rings (SSSR count). The van der Waals surface area contributed by atoms with Gasteiger partial charge in [0.05, 0.1) is 12.0 Å². The number of hydrogen-bond acceptors (Lipinski definition) is 3. The van der Waals surface area contributed by atoms with E-state index in [4.69, 9.17) is 4.42 Å². The van der Waals surface area contributed by atoms with Crippen LogP contribution in [0.1, 0.15) is 37.0 Å². The van der Waals surface area contributed by atoms with Crippen LogP contribution in [0.4, 0.5) is 0 Å². The molecule has 100 valence electrons. The average molecular weight is 250 g/mol. The van der Waals surface area contributed by atoms with Crippen LogP contribution in [0.25, 0.3) is 0 Å². The van der Waals surface area contributed by atoms with Crippen molar-refractivity contribution in [3.8, 4) is 0 Å². The maximum Gasteiger partial charge on any atom is 0.225 e. The number of furan rings is 1. The molecule has 1 amide bonds. The zero-order valence-corrected chi connectivity index (χ0v) is 11.5. The van der Waals surface area contributed by atoms with Crippen molar-refractivity contribution in [2.75, 3.05) is 13.1 Å². The summed E-state index contributed by atoms with van der Waals surface area (Å²) < 4.78 is 5.50. The largest absolute Gasteiger partial charge is 0.466 e. The van der Waals surface area contributed by atoms with E-state index in [1.54, 1.807) is 0 Å². The number of nitrogens with one attached hydrogen (secondary N) is 2. The fourth-order valence-electron chi connectivity index (χ4n) is 2.64. The highest BCUT2D eigenvalue weighted by molar-refractivity contribution is 5.80. The number of hydrogen-bond donors (Lipinski definition) is 2. The third kappa shape index (κ3) is 2.58. The summed E-state index contributed by atoms with van der Waals surface area (Å²) in [6, 6.07) is 2.00. The molecule has 18 heavy (non-hydrogen) atoms. The molecule has 4 nitrogen and oxygen atoms in total. The Morgan fingerprint density at radius 3 is 2.72 bits per heavy atom. The molecular formula is C14H22N2O2. The molecule has 4 heteroatoms. The summed E-state index contributed by atoms with van der Waals surface area (Å²) in [5.74, 6) is 2.40. The van der Waals surface area contributed by atoms with Gasteiger partial charge in [-0.25, -0.2) is 0 Å². The smallest absolute Gasteiger partial charge is 0.225 e. The van der Waals surface area contributed by atoms with E-state index >= 15 is 0 Å². The Hall–Kier alpha value is -1.29. The lowest BCUT2D eigenvalue weighted by molar-refractivity contribution is -0.126. The minimum Gasteiger partial charge on any atom is -0.466 e. The van der Waals surface area contributed by atoms with E-state index in [1.165, 1.54) is 0 Å². The molecule has 0 aliphatic carbocycles. The molecule has 1 unspecified atom stereocenters. The zero-order valence-electron chi connectivity index (χ0n) is 11.5. The third-order valence-corrected chi connectivity index (χ3v) is 3.76. The molecule has 0 saturated carbocycles. The van der Waals surface area contributed by atoms with E-state index in [0.29, 0.717) is 5.92 Å². The van der Waals surface area contributed by atoms with Gasteiger partial charge < -0.3 is 15.1 Å². The molecule has 0 bridgehead atoms. The first-order chi connectivity index (χ1) is 8.49. The molecule has 2 N–H and O–H groups in total. The van der Waals surface area contributed by atoms with Crippen LogP contribution in [-0.2, 0) is 4.79 Å². The predicted molar refractivity (Wildman–Crippen MR) is 70.3 cm³/mol. The Balaban J connectivity index is 2.01. The van der Waals surface area contributed by atoms with Gasteiger partial charge in [-0.15, -0.1) is 0 Å². The van der Waals surface area contributed by atoms with Gasteiger partial charge in [-0.1, -0.05) is 6.92 Å². The minimum atomic E-state index is 0.00255. The number of rotatable bonds is 3. The topological polar surface area (TPSA) is 54.3 Å². The second kappa shape index (κ2) is 5.14. The van der Waals surface area contributed by atoms with Crippen molar-refractivity contribution < 1.29 is 9.21 Å². The maximum atomic E-state index is 12.2. The average Bonchev–Trinajstić information content (AvgIpc) is 2.84. The summed E-state index contributed by atoms with van der Waals surface area (Å²) >= 11 is 0. The lowest BCUT2D eigenvalue weighted by Crippen LogP contribution is -2.36. The number of carbonyl (C=O) groups is 1. The van der Waals surface area contributed by atoms with Gasteiger partial charge in [0.2, 0.25) is 5.91 Å². The van der Waals surface area contributed by atoms with E-state index in [2.05, 4.69) is 17.6 Å². The van der Waals surface area contributed by atoms with Gasteiger partial charge in [0.25, 0.3) is 0 Å². The van der Waals surface area contributed by atoms with Crippen LogP contribution >= 0.6 is 0 Å². The number of amides is 1. The zero-order chi connectivity index (χ0) is 13.3. The van der Waals surface area contributed by atoms with Gasteiger partial charge in [-0.2, -0.15) is 0 Å². The van der Waals surface area contributed by atoms with E-state index in [9.17, 15) is 4.79 Å². The molecule has 1 saturated heterocycles. The Labute approximate surface area is 108 Å². The van der Waals surface area contributed by atoms with E-state index in [1.807, 2.05) is 26.8 Å². The Morgan fingerprint density at radius 1 is 1.50 bits per heavy atom. The summed E-state index contributed by atoms with van der Waals surface area (Å²) in [6.07, 6.45) is 0. The first kappa shape index (κ1) is 13.1. The second-order valence-electron chi connectivity index (χ2n) is 5.34. The molecule has 3 atom stereocenters. The Morgan fingerprint density at radius 2 is 2.22 bits per heavy atom. The minimum absolute atomic E-state index is 0.00255. The van der Waals surface area contributed by atoms with Crippen molar-refractivity contribution >= 4 is 5.91 Å². The Bertz CT molecular complexity index is 439. The number of aryl methyl sites for hydroxylation is 2. The van der Waals surface area contributed by atoms with Crippen LogP contribution in [0, 0.1) is 25.7 Å². The van der Waals surface area contributed by atoms with E-state index < -0.39 is 0 Å². The standard InChI is InChI=1S/C14H22N2O2/c1-8-6-15-7-13(8)14(17)16-10(3)12-5-9(2)18-11(12)4/h5,8,10,13,15H,6-7H2,1-4H3,(H,16,17)/t8-,10?,13-/m1/s1. The van der Waals surface area contributed by atoms with Gasteiger partial charge >= 0.3 is 0 Å². The normalized spacial score (nSPS) is 25.1. The lowest BCUT2D eigenvalue weighted by Gasteiger charge is -2.18. The molecule has 1 aliphatic rings. The molecule has 1 aromatic rings. The monoisotopic (exact) mass is 250 g/mol. The fourth-order valence-corrected chi connectivity index (χ4v) is 2.64. The highest BCUT2D eigenvalue weighted by atomic mass is 16.3. The molecule has 1 aromatic heterocycles. The van der Waals surface area contributed by atoms with Crippen molar-refractivity contribution in [3.63, 3.8) is 0 Å². The van der Waals surface area contributed by atoms with Crippen LogP contribution in [0.3, 0.4) is 0 Å². The van der Waals surface area contributed by atoms with Crippen molar-refractivity contribution in [3.05, 3.63) is 23.2 Å². The fraction of sp³-hybridized carbons (Fsp3) is 0.643. The van der Waals surface area contributed by atoms with Crippen molar-refractivity contribution in [1.82, 2.24) is 10.6 Å².